The summed E-state index contributed by atoms with van der Waals surface area (Å²) >= 11 is 3.36. The molecule has 0 aliphatic heterocycles. The van der Waals surface area contributed by atoms with Gasteiger partial charge >= 0.3 is 5.97 Å². The van der Waals surface area contributed by atoms with Crippen LogP contribution in [-0.4, -0.2) is 15.6 Å². The summed E-state index contributed by atoms with van der Waals surface area (Å²) in [6.45, 7) is 4.57. The fourth-order valence-corrected chi connectivity index (χ4v) is 3.02. The van der Waals surface area contributed by atoms with Crippen molar-refractivity contribution in [1.82, 2.24) is 4.57 Å². The molecule has 0 atom stereocenters. The van der Waals surface area contributed by atoms with Crippen LogP contribution in [0.25, 0.3) is 0 Å². The molecule has 1 N–H and O–H groups in total. The largest absolute Gasteiger partial charge is 0.477 e. The number of carbonyl (C=O) groups is 1. The summed E-state index contributed by atoms with van der Waals surface area (Å²) in [6, 6.07) is 2.02. The van der Waals surface area contributed by atoms with Gasteiger partial charge in [-0.05, 0) is 53.1 Å². The number of nitrogens with zero attached hydrogens (tertiary/aromatic N) is 1. The second-order valence-electron chi connectivity index (χ2n) is 5.65. The molecule has 0 aromatic carbocycles. The van der Waals surface area contributed by atoms with Gasteiger partial charge in [-0.25, -0.2) is 4.79 Å². The van der Waals surface area contributed by atoms with Crippen LogP contribution in [0, 0.1) is 5.41 Å². The molecule has 1 aliphatic rings. The number of hydrogen-bond acceptors (Lipinski definition) is 1. The Kier molecular flexibility index (Phi) is 3.34. The molecule has 1 aliphatic carbocycles. The van der Waals surface area contributed by atoms with E-state index in [2.05, 4.69) is 29.8 Å². The summed E-state index contributed by atoms with van der Waals surface area (Å²) in [5.74, 6) is -0.847. The molecule has 1 fully saturated rings. The molecule has 4 heteroatoms. The molecule has 1 heterocycles. The van der Waals surface area contributed by atoms with Crippen LogP contribution in [0.4, 0.5) is 0 Å². The number of aromatic carboxylic acids is 1. The predicted octanol–water partition coefficient (Wildman–Crippen LogP) is 4.09. The number of rotatable bonds is 2. The highest BCUT2D eigenvalue weighted by Gasteiger charge is 2.29. The third-order valence-corrected chi connectivity index (χ3v) is 4.17. The third kappa shape index (κ3) is 2.73. The second kappa shape index (κ2) is 4.48. The highest BCUT2D eigenvalue weighted by Crippen LogP contribution is 2.41. The fraction of sp³-hybridized carbons (Fsp3) is 0.615. The Bertz CT molecular complexity index is 427. The quantitative estimate of drug-likeness (QED) is 0.894. The van der Waals surface area contributed by atoms with Gasteiger partial charge in [0.2, 0.25) is 0 Å². The molecule has 0 unspecified atom stereocenters. The first-order valence-corrected chi connectivity index (χ1v) is 6.79. The molecule has 0 spiro atoms. The van der Waals surface area contributed by atoms with E-state index in [0.717, 1.165) is 30.2 Å². The van der Waals surface area contributed by atoms with E-state index in [1.54, 1.807) is 6.07 Å². The maximum Gasteiger partial charge on any atom is 0.352 e. The van der Waals surface area contributed by atoms with Crippen LogP contribution in [0.3, 0.4) is 0 Å². The Balaban J connectivity index is 2.21. The monoisotopic (exact) mass is 299 g/mol. The van der Waals surface area contributed by atoms with Crippen LogP contribution in [0.15, 0.2) is 16.7 Å². The lowest BCUT2D eigenvalue weighted by Gasteiger charge is -2.35. The van der Waals surface area contributed by atoms with E-state index >= 15 is 0 Å². The van der Waals surface area contributed by atoms with Crippen LogP contribution in [0.1, 0.15) is 56.1 Å². The van der Waals surface area contributed by atoms with E-state index in [0.29, 0.717) is 17.2 Å². The minimum atomic E-state index is -0.847. The number of halogens is 1. The lowest BCUT2D eigenvalue weighted by molar-refractivity contribution is 0.0678. The van der Waals surface area contributed by atoms with Crippen LogP contribution >= 0.6 is 15.9 Å². The maximum absolute atomic E-state index is 11.2. The molecule has 1 aromatic heterocycles. The lowest BCUT2D eigenvalue weighted by atomic mass is 9.75. The zero-order valence-corrected chi connectivity index (χ0v) is 11.8. The molecule has 2 rings (SSSR count). The van der Waals surface area contributed by atoms with Gasteiger partial charge in [0, 0.05) is 16.7 Å². The molecule has 0 bridgehead atoms. The molecule has 1 aromatic rings. The maximum atomic E-state index is 11.2. The molecule has 1 saturated carbocycles. The SMILES string of the molecule is CC1(C)CCC(n2cc(Br)cc2C(=O)O)CC1. The molecular formula is C13H18BrNO2. The van der Waals surface area contributed by atoms with Crippen molar-refractivity contribution in [2.75, 3.05) is 0 Å². The predicted molar refractivity (Wildman–Crippen MR) is 70.4 cm³/mol. The van der Waals surface area contributed by atoms with Gasteiger partial charge in [-0.1, -0.05) is 13.8 Å². The van der Waals surface area contributed by atoms with Crippen LogP contribution in [-0.2, 0) is 0 Å². The lowest BCUT2D eigenvalue weighted by Crippen LogP contribution is -2.24. The summed E-state index contributed by atoms with van der Waals surface area (Å²) in [5, 5.41) is 9.17. The summed E-state index contributed by atoms with van der Waals surface area (Å²) in [7, 11) is 0. The van der Waals surface area contributed by atoms with E-state index in [1.165, 1.54) is 0 Å². The van der Waals surface area contributed by atoms with E-state index in [9.17, 15) is 9.90 Å². The number of hydrogen-bond donors (Lipinski definition) is 1. The smallest absolute Gasteiger partial charge is 0.352 e. The van der Waals surface area contributed by atoms with Gasteiger partial charge in [0.25, 0.3) is 0 Å². The zero-order chi connectivity index (χ0) is 12.6. The highest BCUT2D eigenvalue weighted by molar-refractivity contribution is 9.10. The first-order chi connectivity index (χ1) is 7.89. The Hall–Kier alpha value is -0.770. The Morgan fingerprint density at radius 3 is 2.59 bits per heavy atom. The van der Waals surface area contributed by atoms with Gasteiger partial charge in [0.05, 0.1) is 0 Å². The normalized spacial score (nSPS) is 20.4. The summed E-state index contributed by atoms with van der Waals surface area (Å²) < 4.78 is 2.77. The van der Waals surface area contributed by atoms with E-state index in [4.69, 9.17) is 0 Å². The van der Waals surface area contributed by atoms with E-state index in [-0.39, 0.29) is 0 Å². The molecule has 17 heavy (non-hydrogen) atoms. The number of carboxylic acid groups (broad SMARTS) is 1. The molecule has 0 saturated heterocycles. The van der Waals surface area contributed by atoms with Crippen molar-refractivity contribution in [1.29, 1.82) is 0 Å². The van der Waals surface area contributed by atoms with Gasteiger partial charge in [-0.3, -0.25) is 0 Å². The number of carboxylic acids is 1. The molecule has 0 radical (unpaired) electrons. The van der Waals surface area contributed by atoms with Gasteiger partial charge < -0.3 is 9.67 Å². The van der Waals surface area contributed by atoms with Gasteiger partial charge in [-0.2, -0.15) is 0 Å². The Labute approximate surface area is 110 Å². The fourth-order valence-electron chi connectivity index (χ4n) is 2.58. The molecule has 94 valence electrons. The summed E-state index contributed by atoms with van der Waals surface area (Å²) in [4.78, 5) is 11.2. The van der Waals surface area contributed by atoms with Crippen molar-refractivity contribution in [2.24, 2.45) is 5.41 Å². The molecule has 3 nitrogen and oxygen atoms in total. The minimum Gasteiger partial charge on any atom is -0.477 e. The van der Waals surface area contributed by atoms with Crippen molar-refractivity contribution < 1.29 is 9.90 Å². The van der Waals surface area contributed by atoms with Crippen LogP contribution in [0.2, 0.25) is 0 Å². The second-order valence-corrected chi connectivity index (χ2v) is 6.57. The highest BCUT2D eigenvalue weighted by atomic mass is 79.9. The van der Waals surface area contributed by atoms with Crippen molar-refractivity contribution in [3.63, 3.8) is 0 Å². The zero-order valence-electron chi connectivity index (χ0n) is 10.2. The standard InChI is InChI=1S/C13H18BrNO2/c1-13(2)5-3-10(4-6-13)15-8-9(14)7-11(15)12(16)17/h7-8,10H,3-6H2,1-2H3,(H,16,17). The first kappa shape index (κ1) is 12.7. The summed E-state index contributed by atoms with van der Waals surface area (Å²) in [5.41, 5.74) is 0.797. The molecule has 0 amide bonds. The van der Waals surface area contributed by atoms with Crippen molar-refractivity contribution in [3.8, 4) is 0 Å². The third-order valence-electron chi connectivity index (χ3n) is 3.74. The van der Waals surface area contributed by atoms with E-state index < -0.39 is 5.97 Å². The van der Waals surface area contributed by atoms with E-state index in [1.807, 2.05) is 10.8 Å². The van der Waals surface area contributed by atoms with Gasteiger partial charge in [-0.15, -0.1) is 0 Å². The molecular weight excluding hydrogens is 282 g/mol. The van der Waals surface area contributed by atoms with Crippen LogP contribution in [0.5, 0.6) is 0 Å². The topological polar surface area (TPSA) is 42.2 Å². The van der Waals surface area contributed by atoms with Crippen molar-refractivity contribution >= 4 is 21.9 Å². The Morgan fingerprint density at radius 1 is 1.47 bits per heavy atom. The minimum absolute atomic E-state index is 0.334. The van der Waals surface area contributed by atoms with Gasteiger partial charge in [0.15, 0.2) is 0 Å². The van der Waals surface area contributed by atoms with Gasteiger partial charge in [0.1, 0.15) is 5.69 Å². The average molecular weight is 300 g/mol. The van der Waals surface area contributed by atoms with Crippen molar-refractivity contribution in [3.05, 3.63) is 22.4 Å². The number of aromatic nitrogens is 1. The van der Waals surface area contributed by atoms with Crippen LogP contribution < -0.4 is 0 Å². The first-order valence-electron chi connectivity index (χ1n) is 6.00. The average Bonchev–Trinajstić information content (AvgIpc) is 2.60. The summed E-state index contributed by atoms with van der Waals surface area (Å²) in [6.07, 6.45) is 6.34. The van der Waals surface area contributed by atoms with Crippen molar-refractivity contribution in [2.45, 2.75) is 45.6 Å². The Morgan fingerprint density at radius 2 is 2.06 bits per heavy atom.